The Bertz CT molecular complexity index is 737. The highest BCUT2D eigenvalue weighted by atomic mass is 15.0. The molecule has 4 rings (SSSR count). The van der Waals surface area contributed by atoms with Crippen LogP contribution in [0.15, 0.2) is 30.7 Å². The van der Waals surface area contributed by atoms with E-state index in [1.807, 2.05) is 12.5 Å². The van der Waals surface area contributed by atoms with Crippen LogP contribution in [0.25, 0.3) is 16.4 Å². The van der Waals surface area contributed by atoms with Crippen molar-refractivity contribution in [1.29, 1.82) is 0 Å². The SMILES string of the molecule is Cc1ccc2c(c1)c1c3c(cncn32)CCC1. The molecule has 2 aromatic heterocycles. The Labute approximate surface area is 99.9 Å². The zero-order valence-corrected chi connectivity index (χ0v) is 9.90. The van der Waals surface area contributed by atoms with E-state index in [1.54, 1.807) is 0 Å². The van der Waals surface area contributed by atoms with Crippen molar-refractivity contribution in [1.82, 2.24) is 9.38 Å². The van der Waals surface area contributed by atoms with Crippen LogP contribution in [0, 0.1) is 6.92 Å². The third kappa shape index (κ3) is 1.13. The van der Waals surface area contributed by atoms with Crippen molar-refractivity contribution in [2.45, 2.75) is 26.2 Å². The maximum absolute atomic E-state index is 4.37. The molecule has 1 aliphatic carbocycles. The van der Waals surface area contributed by atoms with E-state index in [-0.39, 0.29) is 0 Å². The van der Waals surface area contributed by atoms with Gasteiger partial charge in [0.25, 0.3) is 0 Å². The second-order valence-electron chi connectivity index (χ2n) is 4.99. The average Bonchev–Trinajstić information content (AvgIpc) is 2.67. The molecule has 0 amide bonds. The zero-order valence-electron chi connectivity index (χ0n) is 9.90. The number of hydrogen-bond acceptors (Lipinski definition) is 1. The van der Waals surface area contributed by atoms with Gasteiger partial charge in [-0.05, 0) is 49.4 Å². The van der Waals surface area contributed by atoms with Crippen molar-refractivity contribution in [3.63, 3.8) is 0 Å². The Hall–Kier alpha value is -1.83. The normalized spacial score (nSPS) is 14.6. The van der Waals surface area contributed by atoms with Gasteiger partial charge in [-0.15, -0.1) is 0 Å². The molecule has 84 valence electrons. The highest BCUT2D eigenvalue weighted by Crippen LogP contribution is 2.33. The van der Waals surface area contributed by atoms with Gasteiger partial charge in [0.2, 0.25) is 0 Å². The van der Waals surface area contributed by atoms with Gasteiger partial charge in [0.05, 0.1) is 17.4 Å². The zero-order chi connectivity index (χ0) is 11.4. The lowest BCUT2D eigenvalue weighted by atomic mass is 9.95. The standard InChI is InChI=1S/C15H14N2/c1-10-5-6-14-13(7-10)12-4-2-3-11-8-16-9-17(14)15(11)12/h5-9H,2-4H2,1H3. The van der Waals surface area contributed by atoms with Crippen LogP contribution in [0.1, 0.15) is 23.1 Å². The predicted molar refractivity (Wildman–Crippen MR) is 69.5 cm³/mol. The first kappa shape index (κ1) is 9.23. The topological polar surface area (TPSA) is 17.3 Å². The van der Waals surface area contributed by atoms with Gasteiger partial charge in [-0.2, -0.15) is 0 Å². The fourth-order valence-corrected chi connectivity index (χ4v) is 3.11. The number of fused-ring (bicyclic) bond motifs is 3. The highest BCUT2D eigenvalue weighted by Gasteiger charge is 2.18. The van der Waals surface area contributed by atoms with E-state index < -0.39 is 0 Å². The molecule has 0 spiro atoms. The Kier molecular flexibility index (Phi) is 1.68. The summed E-state index contributed by atoms with van der Waals surface area (Å²) in [5, 5.41) is 1.42. The van der Waals surface area contributed by atoms with Crippen LogP contribution in [0.3, 0.4) is 0 Å². The Balaban J connectivity index is 2.31. The fourth-order valence-electron chi connectivity index (χ4n) is 3.11. The maximum atomic E-state index is 4.37. The molecule has 0 atom stereocenters. The second-order valence-corrected chi connectivity index (χ2v) is 4.99. The van der Waals surface area contributed by atoms with Crippen molar-refractivity contribution in [2.75, 3.05) is 0 Å². The summed E-state index contributed by atoms with van der Waals surface area (Å²) in [6, 6.07) is 6.72. The van der Waals surface area contributed by atoms with Crippen LogP contribution in [0.2, 0.25) is 0 Å². The molecule has 0 unspecified atom stereocenters. The summed E-state index contributed by atoms with van der Waals surface area (Å²) in [5.74, 6) is 0. The van der Waals surface area contributed by atoms with E-state index >= 15 is 0 Å². The van der Waals surface area contributed by atoms with Gasteiger partial charge in [-0.25, -0.2) is 4.98 Å². The van der Waals surface area contributed by atoms with Crippen LogP contribution in [0.5, 0.6) is 0 Å². The lowest BCUT2D eigenvalue weighted by Crippen LogP contribution is -2.01. The quantitative estimate of drug-likeness (QED) is 0.570. The van der Waals surface area contributed by atoms with Gasteiger partial charge in [0.1, 0.15) is 0 Å². The minimum atomic E-state index is 1.17. The number of rotatable bonds is 0. The summed E-state index contributed by atoms with van der Waals surface area (Å²) in [6.07, 6.45) is 7.60. The van der Waals surface area contributed by atoms with E-state index in [0.29, 0.717) is 0 Å². The largest absolute Gasteiger partial charge is 0.300 e. The third-order valence-corrected chi connectivity index (χ3v) is 3.85. The van der Waals surface area contributed by atoms with E-state index in [0.717, 1.165) is 0 Å². The molecule has 2 nitrogen and oxygen atoms in total. The molecule has 0 aliphatic heterocycles. The highest BCUT2D eigenvalue weighted by molar-refractivity contribution is 5.94. The summed E-state index contributed by atoms with van der Waals surface area (Å²) >= 11 is 0. The maximum Gasteiger partial charge on any atom is 0.0995 e. The minimum absolute atomic E-state index is 1.17. The summed E-state index contributed by atoms with van der Waals surface area (Å²) in [7, 11) is 0. The van der Waals surface area contributed by atoms with Crippen molar-refractivity contribution < 1.29 is 0 Å². The monoisotopic (exact) mass is 222 g/mol. The molecule has 0 saturated heterocycles. The van der Waals surface area contributed by atoms with Gasteiger partial charge in [0.15, 0.2) is 0 Å². The van der Waals surface area contributed by atoms with E-state index in [9.17, 15) is 0 Å². The van der Waals surface area contributed by atoms with Crippen molar-refractivity contribution in [3.8, 4) is 0 Å². The van der Waals surface area contributed by atoms with Crippen molar-refractivity contribution >= 4 is 16.4 Å². The third-order valence-electron chi connectivity index (χ3n) is 3.85. The molecular weight excluding hydrogens is 208 g/mol. The smallest absolute Gasteiger partial charge is 0.0995 e. The predicted octanol–water partition coefficient (Wildman–Crippen LogP) is 3.28. The molecule has 1 aliphatic rings. The number of aromatic nitrogens is 2. The molecule has 0 bridgehead atoms. The molecular formula is C15H14N2. The first-order valence-electron chi connectivity index (χ1n) is 6.21. The van der Waals surface area contributed by atoms with Crippen LogP contribution in [0.4, 0.5) is 0 Å². The first-order chi connectivity index (χ1) is 8.34. The molecule has 0 fully saturated rings. The molecule has 1 aromatic carbocycles. The molecule has 0 N–H and O–H groups in total. The van der Waals surface area contributed by atoms with Crippen LogP contribution < -0.4 is 0 Å². The van der Waals surface area contributed by atoms with Crippen molar-refractivity contribution in [2.24, 2.45) is 0 Å². The molecule has 0 radical (unpaired) electrons. The molecule has 2 heterocycles. The minimum Gasteiger partial charge on any atom is -0.300 e. The Morgan fingerprint density at radius 3 is 3.12 bits per heavy atom. The summed E-state index contributed by atoms with van der Waals surface area (Å²) in [5.41, 5.74) is 6.98. The average molecular weight is 222 g/mol. The number of nitrogens with zero attached hydrogens (tertiary/aromatic N) is 2. The Morgan fingerprint density at radius 2 is 2.18 bits per heavy atom. The van der Waals surface area contributed by atoms with Gasteiger partial charge < -0.3 is 0 Å². The Morgan fingerprint density at radius 1 is 1.24 bits per heavy atom. The van der Waals surface area contributed by atoms with Crippen molar-refractivity contribution in [3.05, 3.63) is 47.4 Å². The van der Waals surface area contributed by atoms with Gasteiger partial charge in [-0.1, -0.05) is 11.6 Å². The molecule has 17 heavy (non-hydrogen) atoms. The van der Waals surface area contributed by atoms with E-state index in [4.69, 9.17) is 0 Å². The molecule has 0 saturated carbocycles. The van der Waals surface area contributed by atoms with Gasteiger partial charge >= 0.3 is 0 Å². The molecule has 3 aromatic rings. The van der Waals surface area contributed by atoms with Crippen LogP contribution in [-0.2, 0) is 12.8 Å². The first-order valence-corrected chi connectivity index (χ1v) is 6.21. The fraction of sp³-hybridized carbons (Fsp3) is 0.267. The van der Waals surface area contributed by atoms with E-state index in [1.165, 1.54) is 52.4 Å². The van der Waals surface area contributed by atoms with E-state index in [2.05, 4.69) is 34.5 Å². The second kappa shape index (κ2) is 3.10. The lowest BCUT2D eigenvalue weighted by molar-refractivity contribution is 0.799. The number of hydrogen-bond donors (Lipinski definition) is 0. The lowest BCUT2D eigenvalue weighted by Gasteiger charge is -2.11. The van der Waals surface area contributed by atoms with Gasteiger partial charge in [0, 0.05) is 11.6 Å². The summed E-state index contributed by atoms with van der Waals surface area (Å²) in [6.45, 7) is 2.16. The molecule has 2 heteroatoms. The van der Waals surface area contributed by atoms with Gasteiger partial charge in [-0.3, -0.25) is 4.40 Å². The summed E-state index contributed by atoms with van der Waals surface area (Å²) in [4.78, 5) is 4.37. The number of benzene rings is 1. The van der Waals surface area contributed by atoms with Crippen LogP contribution >= 0.6 is 0 Å². The summed E-state index contributed by atoms with van der Waals surface area (Å²) < 4.78 is 2.26. The number of aryl methyl sites for hydroxylation is 3. The van der Waals surface area contributed by atoms with Crippen LogP contribution in [-0.4, -0.2) is 9.38 Å².